The maximum atomic E-state index is 12.1. The Morgan fingerprint density at radius 3 is 2.61 bits per heavy atom. The lowest BCUT2D eigenvalue weighted by Gasteiger charge is -2.08. The normalized spacial score (nSPS) is 16.1. The molecule has 0 saturated heterocycles. The van der Waals surface area contributed by atoms with Gasteiger partial charge in [-0.2, -0.15) is 4.99 Å². The van der Waals surface area contributed by atoms with Crippen LogP contribution in [-0.4, -0.2) is 43.7 Å². The highest BCUT2D eigenvalue weighted by Gasteiger charge is 2.32. The lowest BCUT2D eigenvalue weighted by atomic mass is 10.1. The number of rotatable bonds is 0. The molecule has 1 heterocycles. The Hall–Kier alpha value is -2.17. The fourth-order valence-corrected chi connectivity index (χ4v) is 1.82. The van der Waals surface area contributed by atoms with E-state index in [9.17, 15) is 9.59 Å². The van der Waals surface area contributed by atoms with Gasteiger partial charge in [-0.1, -0.05) is 11.6 Å². The van der Waals surface area contributed by atoms with Gasteiger partial charge < -0.3 is 9.80 Å². The molecule has 1 aromatic carbocycles. The van der Waals surface area contributed by atoms with Crippen LogP contribution < -0.4 is 4.90 Å². The lowest BCUT2D eigenvalue weighted by molar-refractivity contribution is -0.111. The Bertz CT molecular complexity index is 561. The predicted molar refractivity (Wildman–Crippen MR) is 70.2 cm³/mol. The van der Waals surface area contributed by atoms with E-state index in [1.54, 1.807) is 21.1 Å². The molecule has 0 spiro atoms. The summed E-state index contributed by atoms with van der Waals surface area (Å²) >= 11 is 0. The van der Waals surface area contributed by atoms with Crippen molar-refractivity contribution in [3.8, 4) is 0 Å². The number of anilines is 1. The van der Waals surface area contributed by atoms with Gasteiger partial charge in [-0.05, 0) is 19.1 Å². The monoisotopic (exact) mass is 245 g/mol. The van der Waals surface area contributed by atoms with Crippen LogP contribution in [-0.2, 0) is 4.79 Å². The molecule has 1 aromatic rings. The molecule has 1 aliphatic rings. The standard InChI is InChI=1S/C13H15N3O2/c1-8-5-6-10-9(7-8)11(12(17)16(10)4)14-13(18)15(2)3/h5-7H,1-4H3. The molecular weight excluding hydrogens is 230 g/mol. The van der Waals surface area contributed by atoms with Gasteiger partial charge in [-0.3, -0.25) is 4.79 Å². The van der Waals surface area contributed by atoms with Crippen LogP contribution >= 0.6 is 0 Å². The Morgan fingerprint density at radius 2 is 2.00 bits per heavy atom. The Balaban J connectivity index is 2.55. The van der Waals surface area contributed by atoms with Gasteiger partial charge in [-0.25, -0.2) is 4.79 Å². The van der Waals surface area contributed by atoms with E-state index in [4.69, 9.17) is 0 Å². The molecule has 2 rings (SSSR count). The van der Waals surface area contributed by atoms with E-state index in [0.29, 0.717) is 0 Å². The molecule has 18 heavy (non-hydrogen) atoms. The summed E-state index contributed by atoms with van der Waals surface area (Å²) in [4.78, 5) is 30.4. The van der Waals surface area contributed by atoms with E-state index < -0.39 is 6.03 Å². The summed E-state index contributed by atoms with van der Waals surface area (Å²) in [5.41, 5.74) is 2.75. The third-order valence-corrected chi connectivity index (χ3v) is 2.87. The molecule has 0 fully saturated rings. The van der Waals surface area contributed by atoms with Gasteiger partial charge in [0.25, 0.3) is 5.91 Å². The first kappa shape index (κ1) is 12.3. The van der Waals surface area contributed by atoms with Gasteiger partial charge in [0.15, 0.2) is 0 Å². The first-order chi connectivity index (χ1) is 8.41. The van der Waals surface area contributed by atoms with Crippen molar-refractivity contribution in [2.75, 3.05) is 26.0 Å². The first-order valence-electron chi connectivity index (χ1n) is 5.61. The zero-order valence-corrected chi connectivity index (χ0v) is 10.9. The highest BCUT2D eigenvalue weighted by molar-refractivity contribution is 6.55. The average molecular weight is 245 g/mol. The maximum absolute atomic E-state index is 12.1. The third kappa shape index (κ3) is 1.88. The Morgan fingerprint density at radius 1 is 1.33 bits per heavy atom. The van der Waals surface area contributed by atoms with E-state index in [1.165, 1.54) is 9.80 Å². The van der Waals surface area contributed by atoms with E-state index in [-0.39, 0.29) is 11.6 Å². The van der Waals surface area contributed by atoms with Crippen molar-refractivity contribution in [1.29, 1.82) is 0 Å². The molecule has 0 saturated carbocycles. The van der Waals surface area contributed by atoms with Gasteiger partial charge in [0.2, 0.25) is 0 Å². The van der Waals surface area contributed by atoms with Crippen LogP contribution in [0.25, 0.3) is 0 Å². The van der Waals surface area contributed by atoms with Crippen LogP contribution in [0.5, 0.6) is 0 Å². The van der Waals surface area contributed by atoms with Crippen molar-refractivity contribution < 1.29 is 9.59 Å². The summed E-state index contributed by atoms with van der Waals surface area (Å²) in [6.07, 6.45) is 0. The second kappa shape index (κ2) is 4.25. The lowest BCUT2D eigenvalue weighted by Crippen LogP contribution is -2.28. The van der Waals surface area contributed by atoms with Crippen molar-refractivity contribution >= 4 is 23.3 Å². The number of carbonyl (C=O) groups excluding carboxylic acids is 2. The summed E-state index contributed by atoms with van der Waals surface area (Å²) in [5.74, 6) is -0.245. The molecule has 1 aliphatic heterocycles. The van der Waals surface area contributed by atoms with Gasteiger partial charge in [-0.15, -0.1) is 0 Å². The van der Waals surface area contributed by atoms with Crippen molar-refractivity contribution in [2.24, 2.45) is 4.99 Å². The molecule has 0 unspecified atom stereocenters. The van der Waals surface area contributed by atoms with Crippen LogP contribution in [0.2, 0.25) is 0 Å². The van der Waals surface area contributed by atoms with Gasteiger partial charge in [0, 0.05) is 26.7 Å². The predicted octanol–water partition coefficient (Wildman–Crippen LogP) is 1.44. The number of carbonyl (C=O) groups is 2. The van der Waals surface area contributed by atoms with Crippen LogP contribution in [0, 0.1) is 6.92 Å². The summed E-state index contributed by atoms with van der Waals surface area (Å²) in [6, 6.07) is 5.24. The summed E-state index contributed by atoms with van der Waals surface area (Å²) in [5, 5.41) is 0. The molecule has 0 atom stereocenters. The number of fused-ring (bicyclic) bond motifs is 1. The molecule has 94 valence electrons. The van der Waals surface area contributed by atoms with Crippen molar-refractivity contribution in [3.63, 3.8) is 0 Å². The minimum Gasteiger partial charge on any atom is -0.329 e. The summed E-state index contributed by atoms with van der Waals surface area (Å²) in [7, 11) is 4.89. The summed E-state index contributed by atoms with van der Waals surface area (Å²) in [6.45, 7) is 1.94. The van der Waals surface area contributed by atoms with Gasteiger partial charge in [0.1, 0.15) is 5.71 Å². The van der Waals surface area contributed by atoms with Crippen molar-refractivity contribution in [2.45, 2.75) is 6.92 Å². The molecule has 0 radical (unpaired) electrons. The van der Waals surface area contributed by atoms with Gasteiger partial charge in [0.05, 0.1) is 5.69 Å². The van der Waals surface area contributed by atoms with Gasteiger partial charge >= 0.3 is 6.03 Å². The number of hydrogen-bond donors (Lipinski definition) is 0. The topological polar surface area (TPSA) is 53.0 Å². The molecule has 3 amide bonds. The molecule has 5 heteroatoms. The number of aliphatic imine (C=N–C) groups is 1. The van der Waals surface area contributed by atoms with E-state index in [1.807, 2.05) is 25.1 Å². The minimum atomic E-state index is -0.430. The molecule has 5 nitrogen and oxygen atoms in total. The van der Waals surface area contributed by atoms with E-state index >= 15 is 0 Å². The fourth-order valence-electron chi connectivity index (χ4n) is 1.82. The third-order valence-electron chi connectivity index (χ3n) is 2.87. The number of aryl methyl sites for hydroxylation is 1. The Labute approximate surface area is 106 Å². The second-order valence-electron chi connectivity index (χ2n) is 4.52. The number of benzene rings is 1. The second-order valence-corrected chi connectivity index (χ2v) is 4.52. The minimum absolute atomic E-state index is 0.218. The Kier molecular flexibility index (Phi) is 2.90. The average Bonchev–Trinajstić information content (AvgIpc) is 2.54. The van der Waals surface area contributed by atoms with E-state index in [0.717, 1.165) is 16.8 Å². The highest BCUT2D eigenvalue weighted by atomic mass is 16.2. The number of nitrogens with zero attached hydrogens (tertiary/aromatic N) is 3. The maximum Gasteiger partial charge on any atom is 0.343 e. The molecule has 0 aromatic heterocycles. The molecular formula is C13H15N3O2. The van der Waals surface area contributed by atoms with Crippen LogP contribution in [0.15, 0.2) is 23.2 Å². The number of likely N-dealkylation sites (N-methyl/N-ethyl adjacent to an activating group) is 1. The van der Waals surface area contributed by atoms with Crippen LogP contribution in [0.1, 0.15) is 11.1 Å². The van der Waals surface area contributed by atoms with Crippen LogP contribution in [0.3, 0.4) is 0 Å². The number of hydrogen-bond acceptors (Lipinski definition) is 2. The number of amides is 3. The first-order valence-corrected chi connectivity index (χ1v) is 5.61. The van der Waals surface area contributed by atoms with Crippen molar-refractivity contribution in [3.05, 3.63) is 29.3 Å². The fraction of sp³-hybridized carbons (Fsp3) is 0.308. The van der Waals surface area contributed by atoms with Crippen molar-refractivity contribution in [1.82, 2.24) is 4.90 Å². The summed E-state index contributed by atoms with van der Waals surface area (Å²) < 4.78 is 0. The quantitative estimate of drug-likeness (QED) is 0.694. The van der Waals surface area contributed by atoms with Crippen LogP contribution in [0.4, 0.5) is 10.5 Å². The number of urea groups is 1. The largest absolute Gasteiger partial charge is 0.343 e. The molecule has 0 aliphatic carbocycles. The highest BCUT2D eigenvalue weighted by Crippen LogP contribution is 2.28. The van der Waals surface area contributed by atoms with E-state index in [2.05, 4.69) is 4.99 Å². The molecule has 0 bridgehead atoms. The zero-order valence-electron chi connectivity index (χ0n) is 10.9. The SMILES string of the molecule is Cc1ccc2c(c1)C(=NC(=O)N(C)C)C(=O)N2C. The molecule has 0 N–H and O–H groups in total. The zero-order chi connectivity index (χ0) is 13.4. The smallest absolute Gasteiger partial charge is 0.329 e.